The maximum atomic E-state index is 12.2. The van der Waals surface area contributed by atoms with Gasteiger partial charge in [0.2, 0.25) is 5.91 Å². The summed E-state index contributed by atoms with van der Waals surface area (Å²) in [4.78, 5) is 24.1. The number of carbonyl (C=O) groups excluding carboxylic acids is 2. The van der Waals surface area contributed by atoms with E-state index in [4.69, 9.17) is 11.2 Å². The van der Waals surface area contributed by atoms with Crippen LogP contribution in [0.3, 0.4) is 0 Å². The van der Waals surface area contributed by atoms with E-state index in [1.165, 1.54) is 0 Å². The standard InChI is InChI=1S/C17H29NO3/c1-7-9-10-11-12-14(19)18-15(13(3)8-2)16(20)21-17(4,5)6/h1,13,15H,8-12H2,2-6H3,(H,18,19)/t13-,15-/m0/s1. The number of unbranched alkanes of at least 4 members (excludes halogenated alkanes) is 2. The normalized spacial score (nSPS) is 13.9. The van der Waals surface area contributed by atoms with Crippen LogP contribution < -0.4 is 5.32 Å². The molecule has 1 amide bonds. The van der Waals surface area contributed by atoms with E-state index in [-0.39, 0.29) is 17.8 Å². The summed E-state index contributed by atoms with van der Waals surface area (Å²) in [6.45, 7) is 9.38. The number of terminal acetylenes is 1. The molecule has 0 spiro atoms. The average molecular weight is 295 g/mol. The minimum absolute atomic E-state index is 0.0366. The predicted molar refractivity (Wildman–Crippen MR) is 84.5 cm³/mol. The topological polar surface area (TPSA) is 55.4 Å². The number of amides is 1. The van der Waals surface area contributed by atoms with Gasteiger partial charge in [-0.05, 0) is 39.5 Å². The van der Waals surface area contributed by atoms with Crippen LogP contribution in [0.15, 0.2) is 0 Å². The molecule has 0 saturated carbocycles. The first kappa shape index (κ1) is 19.5. The van der Waals surface area contributed by atoms with Crippen LogP contribution in [0.4, 0.5) is 0 Å². The maximum absolute atomic E-state index is 12.2. The van der Waals surface area contributed by atoms with Gasteiger partial charge < -0.3 is 10.1 Å². The van der Waals surface area contributed by atoms with Crippen molar-refractivity contribution in [1.29, 1.82) is 0 Å². The second kappa shape index (κ2) is 9.44. The maximum Gasteiger partial charge on any atom is 0.329 e. The van der Waals surface area contributed by atoms with Crippen LogP contribution >= 0.6 is 0 Å². The van der Waals surface area contributed by atoms with Crippen molar-refractivity contribution in [3.05, 3.63) is 0 Å². The highest BCUT2D eigenvalue weighted by Gasteiger charge is 2.30. The van der Waals surface area contributed by atoms with E-state index >= 15 is 0 Å². The zero-order valence-corrected chi connectivity index (χ0v) is 14.0. The highest BCUT2D eigenvalue weighted by atomic mass is 16.6. The van der Waals surface area contributed by atoms with E-state index in [0.29, 0.717) is 12.8 Å². The molecule has 0 radical (unpaired) electrons. The SMILES string of the molecule is C#CCCCCC(=O)N[C@H](C(=O)OC(C)(C)C)[C@@H](C)CC. The Hall–Kier alpha value is -1.50. The number of hydrogen-bond acceptors (Lipinski definition) is 3. The first-order chi connectivity index (χ1) is 9.71. The Labute approximate surface area is 129 Å². The quantitative estimate of drug-likeness (QED) is 0.425. The van der Waals surface area contributed by atoms with Crippen LogP contribution in [-0.2, 0) is 14.3 Å². The third-order valence-corrected chi connectivity index (χ3v) is 3.17. The van der Waals surface area contributed by atoms with Crippen molar-refractivity contribution in [3.63, 3.8) is 0 Å². The smallest absolute Gasteiger partial charge is 0.329 e. The number of ether oxygens (including phenoxy) is 1. The molecule has 0 rings (SSSR count). The summed E-state index contributed by atoms with van der Waals surface area (Å²) in [7, 11) is 0. The van der Waals surface area contributed by atoms with E-state index < -0.39 is 11.6 Å². The van der Waals surface area contributed by atoms with Gasteiger partial charge in [0, 0.05) is 12.8 Å². The molecule has 0 aliphatic rings. The third-order valence-electron chi connectivity index (χ3n) is 3.17. The fourth-order valence-corrected chi connectivity index (χ4v) is 1.79. The van der Waals surface area contributed by atoms with Crippen molar-refractivity contribution >= 4 is 11.9 Å². The lowest BCUT2D eigenvalue weighted by Gasteiger charge is -2.27. The van der Waals surface area contributed by atoms with Gasteiger partial charge in [0.05, 0.1) is 0 Å². The lowest BCUT2D eigenvalue weighted by molar-refractivity contribution is -0.160. The monoisotopic (exact) mass is 295 g/mol. The van der Waals surface area contributed by atoms with Gasteiger partial charge in [0.25, 0.3) is 0 Å². The van der Waals surface area contributed by atoms with Crippen molar-refractivity contribution in [2.45, 2.75) is 78.4 Å². The lowest BCUT2D eigenvalue weighted by Crippen LogP contribution is -2.47. The Balaban J connectivity index is 4.53. The Kier molecular flexibility index (Phi) is 8.76. The van der Waals surface area contributed by atoms with Gasteiger partial charge in [-0.3, -0.25) is 4.79 Å². The van der Waals surface area contributed by atoms with Crippen LogP contribution in [0.25, 0.3) is 0 Å². The fourth-order valence-electron chi connectivity index (χ4n) is 1.79. The second-order valence-corrected chi connectivity index (χ2v) is 6.38. The van der Waals surface area contributed by atoms with E-state index in [0.717, 1.165) is 19.3 Å². The van der Waals surface area contributed by atoms with Crippen molar-refractivity contribution < 1.29 is 14.3 Å². The van der Waals surface area contributed by atoms with Gasteiger partial charge in [-0.15, -0.1) is 12.3 Å². The molecule has 0 aromatic carbocycles. The molecule has 0 aliphatic heterocycles. The van der Waals surface area contributed by atoms with Crippen molar-refractivity contribution in [1.82, 2.24) is 5.32 Å². The molecule has 1 N–H and O–H groups in total. The molecule has 0 heterocycles. The Morgan fingerprint density at radius 2 is 1.90 bits per heavy atom. The van der Waals surface area contributed by atoms with E-state index in [2.05, 4.69) is 11.2 Å². The van der Waals surface area contributed by atoms with Gasteiger partial charge in [-0.2, -0.15) is 0 Å². The minimum atomic E-state index is -0.589. The van der Waals surface area contributed by atoms with Crippen molar-refractivity contribution in [3.8, 4) is 12.3 Å². The van der Waals surface area contributed by atoms with Gasteiger partial charge in [-0.1, -0.05) is 20.3 Å². The summed E-state index contributed by atoms with van der Waals surface area (Å²) >= 11 is 0. The summed E-state index contributed by atoms with van der Waals surface area (Å²) in [6, 6.07) is -0.589. The van der Waals surface area contributed by atoms with Crippen molar-refractivity contribution in [2.75, 3.05) is 0 Å². The molecule has 0 unspecified atom stereocenters. The number of rotatable bonds is 8. The average Bonchev–Trinajstić information content (AvgIpc) is 2.38. The number of nitrogens with one attached hydrogen (secondary N) is 1. The zero-order valence-electron chi connectivity index (χ0n) is 14.0. The Morgan fingerprint density at radius 3 is 2.38 bits per heavy atom. The largest absolute Gasteiger partial charge is 0.458 e. The zero-order chi connectivity index (χ0) is 16.5. The summed E-state index contributed by atoms with van der Waals surface area (Å²) in [5.41, 5.74) is -0.555. The molecule has 0 aliphatic carbocycles. The first-order valence-electron chi connectivity index (χ1n) is 7.67. The van der Waals surface area contributed by atoms with E-state index in [9.17, 15) is 9.59 Å². The van der Waals surface area contributed by atoms with Gasteiger partial charge in [-0.25, -0.2) is 4.79 Å². The highest BCUT2D eigenvalue weighted by Crippen LogP contribution is 2.15. The molecule has 0 aromatic heterocycles. The van der Waals surface area contributed by atoms with Crippen LogP contribution in [0.1, 0.15) is 66.7 Å². The molecule has 120 valence electrons. The highest BCUT2D eigenvalue weighted by molar-refractivity contribution is 5.84. The number of hydrogen-bond donors (Lipinski definition) is 1. The molecule has 0 aromatic rings. The molecule has 4 heteroatoms. The van der Waals surface area contributed by atoms with E-state index in [1.54, 1.807) is 0 Å². The van der Waals surface area contributed by atoms with E-state index in [1.807, 2.05) is 34.6 Å². The second-order valence-electron chi connectivity index (χ2n) is 6.38. The fraction of sp³-hybridized carbons (Fsp3) is 0.765. The van der Waals surface area contributed by atoms with Crippen LogP contribution in [-0.4, -0.2) is 23.5 Å². The first-order valence-corrected chi connectivity index (χ1v) is 7.67. The molecular formula is C17H29NO3. The van der Waals surface area contributed by atoms with Crippen LogP contribution in [0.5, 0.6) is 0 Å². The Morgan fingerprint density at radius 1 is 1.29 bits per heavy atom. The molecule has 0 bridgehead atoms. The van der Waals surface area contributed by atoms with Crippen LogP contribution in [0.2, 0.25) is 0 Å². The summed E-state index contributed by atoms with van der Waals surface area (Å²) in [6.07, 6.45) is 8.58. The summed E-state index contributed by atoms with van der Waals surface area (Å²) in [5, 5.41) is 2.80. The molecule has 4 nitrogen and oxygen atoms in total. The molecule has 0 fully saturated rings. The number of esters is 1. The van der Waals surface area contributed by atoms with Gasteiger partial charge in [0.15, 0.2) is 0 Å². The summed E-state index contributed by atoms with van der Waals surface area (Å²) < 4.78 is 5.39. The minimum Gasteiger partial charge on any atom is -0.458 e. The summed E-state index contributed by atoms with van der Waals surface area (Å²) in [5.74, 6) is 2.10. The molecular weight excluding hydrogens is 266 g/mol. The van der Waals surface area contributed by atoms with Crippen molar-refractivity contribution in [2.24, 2.45) is 5.92 Å². The van der Waals surface area contributed by atoms with Gasteiger partial charge in [0.1, 0.15) is 11.6 Å². The number of carbonyl (C=O) groups is 2. The lowest BCUT2D eigenvalue weighted by atomic mass is 9.98. The van der Waals surface area contributed by atoms with Gasteiger partial charge >= 0.3 is 5.97 Å². The third kappa shape index (κ3) is 9.12. The molecule has 21 heavy (non-hydrogen) atoms. The predicted octanol–water partition coefficient (Wildman–Crippen LogP) is 3.05. The van der Waals surface area contributed by atoms with Crippen LogP contribution in [0, 0.1) is 18.3 Å². The Bertz CT molecular complexity index is 376. The molecule has 2 atom stereocenters. The molecule has 0 saturated heterocycles.